The van der Waals surface area contributed by atoms with Crippen LogP contribution < -0.4 is 0 Å². The number of hydrogen-bond donors (Lipinski definition) is 1. The van der Waals surface area contributed by atoms with E-state index in [4.69, 9.17) is 9.52 Å². The van der Waals surface area contributed by atoms with E-state index in [9.17, 15) is 4.79 Å². The Morgan fingerprint density at radius 3 is 3.20 bits per heavy atom. The van der Waals surface area contributed by atoms with Crippen LogP contribution in [-0.4, -0.2) is 16.1 Å². The molecule has 0 fully saturated rings. The van der Waals surface area contributed by atoms with Crippen LogP contribution >= 0.6 is 0 Å². The lowest BCUT2D eigenvalue weighted by Gasteiger charge is -2.05. The summed E-state index contributed by atoms with van der Waals surface area (Å²) in [6, 6.07) is 1.84. The van der Waals surface area contributed by atoms with Crippen molar-refractivity contribution >= 4 is 16.9 Å². The summed E-state index contributed by atoms with van der Waals surface area (Å²) in [5.41, 5.74) is 1.62. The Bertz CT molecular complexity index is 489. The van der Waals surface area contributed by atoms with Gasteiger partial charge in [0, 0.05) is 17.1 Å². The summed E-state index contributed by atoms with van der Waals surface area (Å²) in [5, 5.41) is 9.66. The molecule has 0 saturated heterocycles. The van der Waals surface area contributed by atoms with E-state index in [-0.39, 0.29) is 12.3 Å². The maximum Gasteiger partial charge on any atom is 0.303 e. The average molecular weight is 205 g/mol. The highest BCUT2D eigenvalue weighted by molar-refractivity contribution is 5.81. The molecule has 0 bridgehead atoms. The number of fused-ring (bicyclic) bond motifs is 1. The number of pyridine rings is 1. The quantitative estimate of drug-likeness (QED) is 0.835. The Labute approximate surface area is 86.5 Å². The van der Waals surface area contributed by atoms with Crippen molar-refractivity contribution in [3.05, 3.63) is 30.3 Å². The summed E-state index contributed by atoms with van der Waals surface area (Å²) in [7, 11) is 0. The first-order valence-electron chi connectivity index (χ1n) is 4.71. The van der Waals surface area contributed by atoms with Gasteiger partial charge in [0.1, 0.15) is 0 Å². The number of carboxylic acid groups (broad SMARTS) is 1. The molecule has 1 N–H and O–H groups in total. The average Bonchev–Trinajstić information content (AvgIpc) is 2.59. The minimum absolute atomic E-state index is 0.0499. The number of rotatable bonds is 3. The molecule has 0 amide bonds. The first-order chi connectivity index (χ1) is 7.18. The molecule has 4 nitrogen and oxygen atoms in total. The summed E-state index contributed by atoms with van der Waals surface area (Å²) in [5.74, 6) is -0.850. The molecule has 4 heteroatoms. The topological polar surface area (TPSA) is 63.3 Å². The van der Waals surface area contributed by atoms with Crippen molar-refractivity contribution in [2.45, 2.75) is 19.3 Å². The molecular weight excluding hydrogens is 194 g/mol. The van der Waals surface area contributed by atoms with E-state index in [1.807, 2.05) is 13.0 Å². The second-order valence-corrected chi connectivity index (χ2v) is 3.56. The third kappa shape index (κ3) is 1.83. The fourth-order valence-electron chi connectivity index (χ4n) is 1.66. The van der Waals surface area contributed by atoms with E-state index in [1.165, 1.54) is 0 Å². The Balaban J connectivity index is 2.39. The van der Waals surface area contributed by atoms with E-state index >= 15 is 0 Å². The van der Waals surface area contributed by atoms with Crippen molar-refractivity contribution < 1.29 is 14.3 Å². The van der Waals surface area contributed by atoms with Gasteiger partial charge in [-0.2, -0.15) is 0 Å². The van der Waals surface area contributed by atoms with Crippen LogP contribution in [0.15, 0.2) is 29.1 Å². The summed E-state index contributed by atoms with van der Waals surface area (Å²) >= 11 is 0. The van der Waals surface area contributed by atoms with Crippen molar-refractivity contribution in [1.29, 1.82) is 0 Å². The minimum Gasteiger partial charge on any atom is -0.481 e. The van der Waals surface area contributed by atoms with Crippen LogP contribution in [0.4, 0.5) is 0 Å². The zero-order valence-corrected chi connectivity index (χ0v) is 8.30. The molecule has 0 radical (unpaired) electrons. The van der Waals surface area contributed by atoms with Gasteiger partial charge in [0.25, 0.3) is 0 Å². The van der Waals surface area contributed by atoms with Gasteiger partial charge in [-0.3, -0.25) is 9.78 Å². The van der Waals surface area contributed by atoms with Crippen LogP contribution in [0.2, 0.25) is 0 Å². The molecule has 1 unspecified atom stereocenters. The zero-order valence-electron chi connectivity index (χ0n) is 8.30. The van der Waals surface area contributed by atoms with Gasteiger partial charge in [-0.25, -0.2) is 0 Å². The Kier molecular flexibility index (Phi) is 2.41. The third-order valence-electron chi connectivity index (χ3n) is 2.42. The van der Waals surface area contributed by atoms with Crippen molar-refractivity contribution in [3.63, 3.8) is 0 Å². The second kappa shape index (κ2) is 3.73. The molecule has 2 aromatic heterocycles. The van der Waals surface area contributed by atoms with Gasteiger partial charge in [-0.05, 0) is 12.0 Å². The number of carboxylic acids is 1. The first kappa shape index (κ1) is 9.71. The molecule has 2 rings (SSSR count). The van der Waals surface area contributed by atoms with Crippen molar-refractivity contribution in [1.82, 2.24) is 4.98 Å². The van der Waals surface area contributed by atoms with E-state index in [2.05, 4.69) is 4.98 Å². The van der Waals surface area contributed by atoms with Gasteiger partial charge in [-0.15, -0.1) is 0 Å². The number of carbonyl (C=O) groups is 1. The molecule has 0 aliphatic carbocycles. The van der Waals surface area contributed by atoms with Crippen LogP contribution in [0.3, 0.4) is 0 Å². The van der Waals surface area contributed by atoms with Crippen LogP contribution in [0.1, 0.15) is 24.8 Å². The lowest BCUT2D eigenvalue weighted by molar-refractivity contribution is -0.137. The Morgan fingerprint density at radius 2 is 2.47 bits per heavy atom. The van der Waals surface area contributed by atoms with E-state index < -0.39 is 5.97 Å². The molecule has 0 spiro atoms. The largest absolute Gasteiger partial charge is 0.481 e. The number of aromatic nitrogens is 1. The fourth-order valence-corrected chi connectivity index (χ4v) is 1.66. The van der Waals surface area contributed by atoms with Crippen molar-refractivity contribution in [2.24, 2.45) is 0 Å². The van der Waals surface area contributed by atoms with Gasteiger partial charge in [0.05, 0.1) is 18.9 Å². The molecule has 2 heterocycles. The number of nitrogens with zero attached hydrogens (tertiary/aromatic N) is 1. The van der Waals surface area contributed by atoms with Gasteiger partial charge < -0.3 is 9.52 Å². The summed E-state index contributed by atoms with van der Waals surface area (Å²) in [6.45, 7) is 1.87. The predicted octanol–water partition coefficient (Wildman–Crippen LogP) is 2.41. The molecule has 2 aromatic rings. The van der Waals surface area contributed by atoms with E-state index in [0.29, 0.717) is 5.58 Å². The maximum absolute atomic E-state index is 10.6. The molecule has 0 aromatic carbocycles. The van der Waals surface area contributed by atoms with Gasteiger partial charge in [-0.1, -0.05) is 6.92 Å². The SMILES string of the molecule is CC(CC(=O)O)c1coc2cnccc12. The number of furan rings is 1. The normalized spacial score (nSPS) is 12.9. The molecular formula is C11H11NO3. The van der Waals surface area contributed by atoms with E-state index in [1.54, 1.807) is 18.7 Å². The molecule has 15 heavy (non-hydrogen) atoms. The second-order valence-electron chi connectivity index (χ2n) is 3.56. The van der Waals surface area contributed by atoms with Crippen molar-refractivity contribution in [3.8, 4) is 0 Å². The van der Waals surface area contributed by atoms with Crippen LogP contribution in [0.5, 0.6) is 0 Å². The molecule has 78 valence electrons. The zero-order chi connectivity index (χ0) is 10.8. The van der Waals surface area contributed by atoms with Gasteiger partial charge >= 0.3 is 5.97 Å². The third-order valence-corrected chi connectivity index (χ3v) is 2.42. The predicted molar refractivity (Wildman–Crippen MR) is 54.7 cm³/mol. The highest BCUT2D eigenvalue weighted by Gasteiger charge is 2.15. The van der Waals surface area contributed by atoms with Crippen LogP contribution in [-0.2, 0) is 4.79 Å². The number of aliphatic carboxylic acids is 1. The Hall–Kier alpha value is -1.84. The molecule has 1 atom stereocenters. The lowest BCUT2D eigenvalue weighted by atomic mass is 9.98. The molecule has 0 saturated carbocycles. The number of hydrogen-bond acceptors (Lipinski definition) is 3. The molecule has 0 aliphatic rings. The highest BCUT2D eigenvalue weighted by Crippen LogP contribution is 2.28. The smallest absolute Gasteiger partial charge is 0.303 e. The maximum atomic E-state index is 10.6. The Morgan fingerprint density at radius 1 is 1.67 bits per heavy atom. The van der Waals surface area contributed by atoms with Gasteiger partial charge in [0.2, 0.25) is 0 Å². The molecule has 0 aliphatic heterocycles. The minimum atomic E-state index is -0.800. The fraction of sp³-hybridized carbons (Fsp3) is 0.273. The first-order valence-corrected chi connectivity index (χ1v) is 4.71. The highest BCUT2D eigenvalue weighted by atomic mass is 16.4. The van der Waals surface area contributed by atoms with Crippen LogP contribution in [0, 0.1) is 0 Å². The summed E-state index contributed by atoms with van der Waals surface area (Å²) < 4.78 is 5.30. The lowest BCUT2D eigenvalue weighted by Crippen LogP contribution is -2.02. The van der Waals surface area contributed by atoms with Crippen molar-refractivity contribution in [2.75, 3.05) is 0 Å². The van der Waals surface area contributed by atoms with Gasteiger partial charge in [0.15, 0.2) is 5.58 Å². The van der Waals surface area contributed by atoms with Crippen LogP contribution in [0.25, 0.3) is 11.0 Å². The summed E-state index contributed by atoms with van der Waals surface area (Å²) in [6.07, 6.45) is 5.03. The summed E-state index contributed by atoms with van der Waals surface area (Å²) in [4.78, 5) is 14.5. The standard InChI is InChI=1S/C11H11NO3/c1-7(4-11(13)14)9-6-15-10-5-12-3-2-8(9)10/h2-3,5-7H,4H2,1H3,(H,13,14). The van der Waals surface area contributed by atoms with E-state index in [0.717, 1.165) is 10.9 Å². The monoisotopic (exact) mass is 205 g/mol.